The van der Waals surface area contributed by atoms with Crippen LogP contribution in [0.25, 0.3) is 0 Å². The predicted octanol–water partition coefficient (Wildman–Crippen LogP) is 1.22. The van der Waals surface area contributed by atoms with E-state index in [-0.39, 0.29) is 0 Å². The second-order valence-corrected chi connectivity index (χ2v) is 3.99. The van der Waals surface area contributed by atoms with Gasteiger partial charge in [-0.15, -0.1) is 0 Å². The standard InChI is InChI=1S/C12H15N3O2/c1-6-16-10-3-2-9(8-11(10)17-7-1)15-12-13-4-5-14-12/h2-3,8H,1,4-7H2,(H2,13,14,15). The first-order chi connectivity index (χ1) is 8.42. The lowest BCUT2D eigenvalue weighted by atomic mass is 10.3. The van der Waals surface area contributed by atoms with Crippen molar-refractivity contribution < 1.29 is 9.47 Å². The van der Waals surface area contributed by atoms with Gasteiger partial charge in [0.2, 0.25) is 0 Å². The SMILES string of the molecule is c1cc2c(cc1NC1=NCCN1)OCCCO2. The Labute approximate surface area is 99.8 Å². The van der Waals surface area contributed by atoms with Crippen LogP contribution in [0.15, 0.2) is 23.2 Å². The monoisotopic (exact) mass is 233 g/mol. The van der Waals surface area contributed by atoms with E-state index in [1.165, 1.54) is 0 Å². The van der Waals surface area contributed by atoms with E-state index in [1.807, 2.05) is 18.2 Å². The third-order valence-electron chi connectivity index (χ3n) is 2.68. The van der Waals surface area contributed by atoms with Gasteiger partial charge in [0, 0.05) is 24.7 Å². The van der Waals surface area contributed by atoms with Crippen LogP contribution in [-0.4, -0.2) is 32.3 Å². The molecule has 0 saturated heterocycles. The smallest absolute Gasteiger partial charge is 0.195 e. The molecule has 0 fully saturated rings. The molecule has 2 aliphatic heterocycles. The van der Waals surface area contributed by atoms with Crippen LogP contribution in [0.5, 0.6) is 11.5 Å². The van der Waals surface area contributed by atoms with E-state index in [2.05, 4.69) is 15.6 Å². The molecule has 1 aromatic carbocycles. The number of hydrogen-bond donors (Lipinski definition) is 2. The molecule has 5 heteroatoms. The number of hydrogen-bond acceptors (Lipinski definition) is 5. The minimum atomic E-state index is 0.704. The fourth-order valence-corrected chi connectivity index (χ4v) is 1.86. The summed E-state index contributed by atoms with van der Waals surface area (Å²) in [5.74, 6) is 2.43. The molecule has 0 atom stereocenters. The van der Waals surface area contributed by atoms with Gasteiger partial charge < -0.3 is 20.1 Å². The number of rotatable bonds is 1. The fourth-order valence-electron chi connectivity index (χ4n) is 1.86. The highest BCUT2D eigenvalue weighted by atomic mass is 16.5. The number of guanidine groups is 1. The summed E-state index contributed by atoms with van der Waals surface area (Å²) in [6, 6.07) is 5.84. The first-order valence-electron chi connectivity index (χ1n) is 5.87. The van der Waals surface area contributed by atoms with E-state index in [9.17, 15) is 0 Å². The topological polar surface area (TPSA) is 54.9 Å². The lowest BCUT2D eigenvalue weighted by Gasteiger charge is -2.11. The summed E-state index contributed by atoms with van der Waals surface area (Å²) in [5.41, 5.74) is 0.961. The van der Waals surface area contributed by atoms with E-state index in [0.717, 1.165) is 42.7 Å². The van der Waals surface area contributed by atoms with Crippen LogP contribution in [0.2, 0.25) is 0 Å². The maximum Gasteiger partial charge on any atom is 0.195 e. The normalized spacial score (nSPS) is 18.0. The van der Waals surface area contributed by atoms with Gasteiger partial charge in [0.05, 0.1) is 19.8 Å². The van der Waals surface area contributed by atoms with Crippen molar-refractivity contribution in [3.05, 3.63) is 18.2 Å². The van der Waals surface area contributed by atoms with Crippen molar-refractivity contribution in [2.75, 3.05) is 31.6 Å². The Balaban J connectivity index is 1.79. The summed E-state index contributed by atoms with van der Waals surface area (Å²) in [4.78, 5) is 4.28. The van der Waals surface area contributed by atoms with Crippen molar-refractivity contribution in [1.29, 1.82) is 0 Å². The van der Waals surface area contributed by atoms with Gasteiger partial charge in [-0.3, -0.25) is 4.99 Å². The summed E-state index contributed by atoms with van der Waals surface area (Å²) >= 11 is 0. The molecule has 90 valence electrons. The summed E-state index contributed by atoms with van der Waals surface area (Å²) in [5, 5.41) is 6.38. The number of aliphatic imine (C=N–C) groups is 1. The largest absolute Gasteiger partial charge is 0.490 e. The van der Waals surface area contributed by atoms with E-state index in [1.54, 1.807) is 0 Å². The Morgan fingerprint density at radius 1 is 1.18 bits per heavy atom. The number of fused-ring (bicyclic) bond motifs is 1. The summed E-state index contributed by atoms with van der Waals surface area (Å²) in [7, 11) is 0. The van der Waals surface area contributed by atoms with Gasteiger partial charge in [-0.05, 0) is 12.1 Å². The zero-order chi connectivity index (χ0) is 11.5. The summed E-state index contributed by atoms with van der Waals surface area (Å²) in [6.45, 7) is 3.14. The van der Waals surface area contributed by atoms with Crippen molar-refractivity contribution in [1.82, 2.24) is 5.32 Å². The van der Waals surface area contributed by atoms with Crippen LogP contribution >= 0.6 is 0 Å². The number of ether oxygens (including phenoxy) is 2. The van der Waals surface area contributed by atoms with Crippen LogP contribution in [0.1, 0.15) is 6.42 Å². The third-order valence-corrected chi connectivity index (χ3v) is 2.68. The molecule has 5 nitrogen and oxygen atoms in total. The van der Waals surface area contributed by atoms with Crippen molar-refractivity contribution in [3.8, 4) is 11.5 Å². The molecule has 0 bridgehead atoms. The molecule has 2 N–H and O–H groups in total. The second kappa shape index (κ2) is 4.53. The minimum Gasteiger partial charge on any atom is -0.490 e. The summed E-state index contributed by atoms with van der Waals surface area (Å²) < 4.78 is 11.2. The quantitative estimate of drug-likeness (QED) is 0.765. The Kier molecular flexibility index (Phi) is 2.73. The zero-order valence-electron chi connectivity index (χ0n) is 9.53. The number of anilines is 1. The van der Waals surface area contributed by atoms with Crippen LogP contribution in [0.4, 0.5) is 5.69 Å². The molecular formula is C12H15N3O2. The molecule has 0 aliphatic carbocycles. The van der Waals surface area contributed by atoms with Gasteiger partial charge in [0.15, 0.2) is 17.5 Å². The molecule has 2 heterocycles. The Morgan fingerprint density at radius 3 is 2.88 bits per heavy atom. The maximum atomic E-state index is 5.63. The molecule has 0 aromatic heterocycles. The predicted molar refractivity (Wildman–Crippen MR) is 66.0 cm³/mol. The molecule has 0 unspecified atom stereocenters. The summed E-state index contributed by atoms with van der Waals surface area (Å²) in [6.07, 6.45) is 0.922. The van der Waals surface area contributed by atoms with Gasteiger partial charge in [0.25, 0.3) is 0 Å². The zero-order valence-corrected chi connectivity index (χ0v) is 9.53. The highest BCUT2D eigenvalue weighted by Gasteiger charge is 2.12. The molecule has 1 aromatic rings. The van der Waals surface area contributed by atoms with E-state index in [0.29, 0.717) is 13.2 Å². The van der Waals surface area contributed by atoms with E-state index in [4.69, 9.17) is 9.47 Å². The molecule has 17 heavy (non-hydrogen) atoms. The molecular weight excluding hydrogens is 218 g/mol. The Bertz CT molecular complexity index is 445. The highest BCUT2D eigenvalue weighted by Crippen LogP contribution is 2.32. The minimum absolute atomic E-state index is 0.704. The van der Waals surface area contributed by atoms with Crippen LogP contribution in [0.3, 0.4) is 0 Å². The van der Waals surface area contributed by atoms with Crippen LogP contribution in [-0.2, 0) is 0 Å². The lowest BCUT2D eigenvalue weighted by Crippen LogP contribution is -2.26. The molecule has 3 rings (SSSR count). The van der Waals surface area contributed by atoms with Crippen molar-refractivity contribution >= 4 is 11.6 Å². The first-order valence-corrected chi connectivity index (χ1v) is 5.87. The second-order valence-electron chi connectivity index (χ2n) is 3.99. The average molecular weight is 233 g/mol. The molecule has 0 spiro atoms. The maximum absolute atomic E-state index is 5.63. The van der Waals surface area contributed by atoms with Crippen molar-refractivity contribution in [2.24, 2.45) is 4.99 Å². The fraction of sp³-hybridized carbons (Fsp3) is 0.417. The molecule has 0 amide bonds. The van der Waals surface area contributed by atoms with Gasteiger partial charge in [-0.25, -0.2) is 0 Å². The molecule has 0 radical (unpaired) electrons. The average Bonchev–Trinajstić information content (AvgIpc) is 2.73. The van der Waals surface area contributed by atoms with Gasteiger partial charge in [0.1, 0.15) is 0 Å². The number of nitrogens with zero attached hydrogens (tertiary/aromatic N) is 1. The highest BCUT2D eigenvalue weighted by molar-refractivity contribution is 5.94. The van der Waals surface area contributed by atoms with E-state index >= 15 is 0 Å². The van der Waals surface area contributed by atoms with Gasteiger partial charge >= 0.3 is 0 Å². The van der Waals surface area contributed by atoms with E-state index < -0.39 is 0 Å². The van der Waals surface area contributed by atoms with Crippen molar-refractivity contribution in [2.45, 2.75) is 6.42 Å². The third kappa shape index (κ3) is 2.27. The van der Waals surface area contributed by atoms with Crippen LogP contribution in [0, 0.1) is 0 Å². The number of benzene rings is 1. The van der Waals surface area contributed by atoms with Crippen LogP contribution < -0.4 is 20.1 Å². The van der Waals surface area contributed by atoms with Crippen molar-refractivity contribution in [3.63, 3.8) is 0 Å². The molecule has 0 saturated carbocycles. The van der Waals surface area contributed by atoms with Gasteiger partial charge in [-0.2, -0.15) is 0 Å². The first kappa shape index (κ1) is 10.3. The lowest BCUT2D eigenvalue weighted by molar-refractivity contribution is 0.297. The Hall–Kier alpha value is -1.91. The Morgan fingerprint density at radius 2 is 2.06 bits per heavy atom. The molecule has 2 aliphatic rings. The van der Waals surface area contributed by atoms with Gasteiger partial charge in [-0.1, -0.05) is 0 Å². The number of nitrogens with one attached hydrogen (secondary N) is 2.